The van der Waals surface area contributed by atoms with Gasteiger partial charge in [0.25, 0.3) is 0 Å². The zero-order chi connectivity index (χ0) is 22.0. The van der Waals surface area contributed by atoms with Crippen LogP contribution in [0.15, 0.2) is 36.0 Å². The summed E-state index contributed by atoms with van der Waals surface area (Å²) in [4.78, 5) is 25.9. The summed E-state index contributed by atoms with van der Waals surface area (Å²) in [6.45, 7) is 1.37. The highest BCUT2D eigenvalue weighted by molar-refractivity contribution is 7.81. The van der Waals surface area contributed by atoms with Gasteiger partial charge < -0.3 is 5.11 Å². The first kappa shape index (κ1) is 24.4. The SMILES string of the molecule is Cl.O=C(O)CCn1cc(/C=C2/CN(C(C(=O)C3CC3)c3ccccc3F)CCC2S)nn1. The second kappa shape index (κ2) is 10.6. The minimum atomic E-state index is -0.895. The monoisotopic (exact) mass is 480 g/mol. The molecule has 32 heavy (non-hydrogen) atoms. The highest BCUT2D eigenvalue weighted by atomic mass is 35.5. The number of hydrogen-bond acceptors (Lipinski definition) is 6. The standard InChI is InChI=1S/C22H25FN4O3S.ClH/c23-18-4-2-1-3-17(18)21(22(30)14-5-6-14)26-9-7-19(31)15(12-26)11-16-13-27(25-24-16)10-8-20(28)29;/h1-4,11,13-14,19,21,31H,5-10,12H2,(H,28,29);1H/b15-11-;. The number of carboxylic acids is 1. The summed E-state index contributed by atoms with van der Waals surface area (Å²) in [6, 6.07) is 5.90. The zero-order valence-corrected chi connectivity index (χ0v) is 19.1. The van der Waals surface area contributed by atoms with E-state index in [1.54, 1.807) is 24.4 Å². The van der Waals surface area contributed by atoms with Crippen molar-refractivity contribution in [3.8, 4) is 0 Å². The molecule has 2 unspecified atom stereocenters. The number of nitrogens with zero attached hydrogens (tertiary/aromatic N) is 4. The number of aromatic nitrogens is 3. The second-order valence-electron chi connectivity index (χ2n) is 8.15. The maximum atomic E-state index is 14.6. The Bertz CT molecular complexity index is 1010. The molecule has 1 aromatic heterocycles. The highest BCUT2D eigenvalue weighted by Gasteiger charge is 2.40. The van der Waals surface area contributed by atoms with Crippen LogP contribution in [0.3, 0.4) is 0 Å². The summed E-state index contributed by atoms with van der Waals surface area (Å²) in [7, 11) is 0. The highest BCUT2D eigenvalue weighted by Crippen LogP contribution is 2.39. The Hall–Kier alpha value is -2.23. The summed E-state index contributed by atoms with van der Waals surface area (Å²) in [5.74, 6) is -1.16. The van der Waals surface area contributed by atoms with Gasteiger partial charge >= 0.3 is 5.97 Å². The fraction of sp³-hybridized carbons (Fsp3) is 0.455. The number of Topliss-reactive ketones (excluding diaryl/α,β-unsaturated/α-hetero) is 1. The van der Waals surface area contributed by atoms with E-state index in [1.807, 2.05) is 11.0 Å². The van der Waals surface area contributed by atoms with Crippen molar-refractivity contribution in [2.24, 2.45) is 5.92 Å². The van der Waals surface area contributed by atoms with Crippen LogP contribution in [0.25, 0.3) is 6.08 Å². The minimum Gasteiger partial charge on any atom is -0.481 e. The quantitative estimate of drug-likeness (QED) is 0.563. The number of aliphatic carboxylic acids is 1. The minimum absolute atomic E-state index is 0. The Labute approximate surface area is 197 Å². The molecule has 10 heteroatoms. The molecule has 1 saturated carbocycles. The third-order valence-electron chi connectivity index (χ3n) is 5.76. The van der Waals surface area contributed by atoms with Crippen LogP contribution in [0.4, 0.5) is 4.39 Å². The van der Waals surface area contributed by atoms with E-state index < -0.39 is 12.0 Å². The second-order valence-corrected chi connectivity index (χ2v) is 8.77. The summed E-state index contributed by atoms with van der Waals surface area (Å²) >= 11 is 4.70. The first-order valence-corrected chi connectivity index (χ1v) is 11.0. The molecular formula is C22H26ClFN4O3S. The number of carbonyl (C=O) groups is 2. The number of halogens is 2. The molecule has 2 atom stereocenters. The number of carboxylic acid groups (broad SMARTS) is 1. The number of carbonyl (C=O) groups excluding carboxylic acids is 1. The van der Waals surface area contributed by atoms with Crippen LogP contribution in [-0.2, 0) is 16.1 Å². The lowest BCUT2D eigenvalue weighted by atomic mass is 9.93. The van der Waals surface area contributed by atoms with Crippen molar-refractivity contribution >= 4 is 42.9 Å². The lowest BCUT2D eigenvalue weighted by Crippen LogP contribution is -2.42. The molecule has 7 nitrogen and oxygen atoms in total. The van der Waals surface area contributed by atoms with Crippen molar-refractivity contribution in [1.82, 2.24) is 19.9 Å². The van der Waals surface area contributed by atoms with E-state index in [0.717, 1.165) is 24.8 Å². The molecule has 2 heterocycles. The van der Waals surface area contributed by atoms with E-state index >= 15 is 0 Å². The van der Waals surface area contributed by atoms with Gasteiger partial charge in [-0.3, -0.25) is 19.2 Å². The first-order valence-electron chi connectivity index (χ1n) is 10.4. The molecular weight excluding hydrogens is 455 g/mol. The van der Waals surface area contributed by atoms with Crippen LogP contribution in [0, 0.1) is 11.7 Å². The molecule has 1 aromatic carbocycles. The van der Waals surface area contributed by atoms with Crippen molar-refractivity contribution in [3.05, 3.63) is 53.1 Å². The molecule has 4 rings (SSSR count). The van der Waals surface area contributed by atoms with Crippen LogP contribution >= 0.6 is 25.0 Å². The smallest absolute Gasteiger partial charge is 0.305 e. The average molecular weight is 481 g/mol. The molecule has 2 fully saturated rings. The largest absolute Gasteiger partial charge is 0.481 e. The van der Waals surface area contributed by atoms with Gasteiger partial charge in [-0.2, -0.15) is 12.6 Å². The molecule has 2 aliphatic rings. The summed E-state index contributed by atoms with van der Waals surface area (Å²) < 4.78 is 16.1. The van der Waals surface area contributed by atoms with E-state index in [0.29, 0.717) is 24.3 Å². The first-order chi connectivity index (χ1) is 14.9. The number of piperidine rings is 1. The molecule has 0 spiro atoms. The number of likely N-dealkylation sites (tertiary alicyclic amines) is 1. The number of aryl methyl sites for hydroxylation is 1. The number of ketones is 1. The lowest BCUT2D eigenvalue weighted by Gasteiger charge is -2.37. The molecule has 0 amide bonds. The van der Waals surface area contributed by atoms with Crippen molar-refractivity contribution in [2.45, 2.75) is 43.5 Å². The van der Waals surface area contributed by atoms with Crippen LogP contribution in [-0.4, -0.2) is 55.1 Å². The molecule has 1 N–H and O–H groups in total. The van der Waals surface area contributed by atoms with Crippen molar-refractivity contribution in [1.29, 1.82) is 0 Å². The van der Waals surface area contributed by atoms with Gasteiger partial charge in [0.2, 0.25) is 0 Å². The molecule has 1 aliphatic carbocycles. The predicted octanol–water partition coefficient (Wildman–Crippen LogP) is 3.42. The van der Waals surface area contributed by atoms with Gasteiger partial charge in [-0.1, -0.05) is 23.4 Å². The van der Waals surface area contributed by atoms with Crippen molar-refractivity contribution in [2.75, 3.05) is 13.1 Å². The van der Waals surface area contributed by atoms with E-state index in [1.165, 1.54) is 10.7 Å². The number of rotatable bonds is 8. The normalized spacial score (nSPS) is 21.2. The fourth-order valence-corrected chi connectivity index (χ4v) is 4.23. The summed E-state index contributed by atoms with van der Waals surface area (Å²) in [6.07, 6.45) is 6.01. The van der Waals surface area contributed by atoms with Gasteiger partial charge in [-0.25, -0.2) is 4.39 Å². The molecule has 1 aliphatic heterocycles. The van der Waals surface area contributed by atoms with Gasteiger partial charge in [0.15, 0.2) is 5.78 Å². The number of thiol groups is 1. The molecule has 172 valence electrons. The lowest BCUT2D eigenvalue weighted by molar-refractivity contribution is -0.137. The van der Waals surface area contributed by atoms with E-state index in [-0.39, 0.29) is 48.1 Å². The van der Waals surface area contributed by atoms with E-state index in [9.17, 15) is 14.0 Å². The van der Waals surface area contributed by atoms with Gasteiger partial charge in [0.05, 0.1) is 25.2 Å². The molecule has 0 radical (unpaired) electrons. The van der Waals surface area contributed by atoms with Crippen LogP contribution < -0.4 is 0 Å². The summed E-state index contributed by atoms with van der Waals surface area (Å²) in [5.41, 5.74) is 2.01. The molecule has 0 bridgehead atoms. The Balaban J connectivity index is 0.00000289. The fourth-order valence-electron chi connectivity index (χ4n) is 3.96. The number of hydrogen-bond donors (Lipinski definition) is 2. The van der Waals surface area contributed by atoms with Crippen LogP contribution in [0.5, 0.6) is 0 Å². The average Bonchev–Trinajstić information content (AvgIpc) is 3.50. The van der Waals surface area contributed by atoms with E-state index in [2.05, 4.69) is 10.3 Å². The maximum absolute atomic E-state index is 14.6. The third-order valence-corrected chi connectivity index (χ3v) is 6.35. The Morgan fingerprint density at radius 2 is 2.03 bits per heavy atom. The van der Waals surface area contributed by atoms with E-state index in [4.69, 9.17) is 17.7 Å². The Morgan fingerprint density at radius 1 is 1.28 bits per heavy atom. The van der Waals surface area contributed by atoms with Crippen LogP contribution in [0.1, 0.15) is 43.0 Å². The topological polar surface area (TPSA) is 88.3 Å². The number of benzene rings is 1. The Kier molecular flexibility index (Phi) is 8.08. The zero-order valence-electron chi connectivity index (χ0n) is 17.4. The van der Waals surface area contributed by atoms with Gasteiger partial charge in [-0.05, 0) is 37.0 Å². The summed E-state index contributed by atoms with van der Waals surface area (Å²) in [5, 5.41) is 16.9. The third kappa shape index (κ3) is 5.76. The maximum Gasteiger partial charge on any atom is 0.305 e. The molecule has 1 saturated heterocycles. The van der Waals surface area contributed by atoms with Crippen molar-refractivity contribution in [3.63, 3.8) is 0 Å². The van der Waals surface area contributed by atoms with Gasteiger partial charge in [0.1, 0.15) is 11.5 Å². The van der Waals surface area contributed by atoms with Gasteiger partial charge in [-0.15, -0.1) is 17.5 Å². The predicted molar refractivity (Wildman–Crippen MR) is 123 cm³/mol. The van der Waals surface area contributed by atoms with Gasteiger partial charge in [0, 0.05) is 29.8 Å². The van der Waals surface area contributed by atoms with Crippen molar-refractivity contribution < 1.29 is 19.1 Å². The Morgan fingerprint density at radius 3 is 2.72 bits per heavy atom. The molecule has 2 aromatic rings. The van der Waals surface area contributed by atoms with Crippen LogP contribution in [0.2, 0.25) is 0 Å².